The van der Waals surface area contributed by atoms with Crippen LogP contribution in [-0.4, -0.2) is 75.8 Å². The number of aromatic nitrogens is 2. The van der Waals surface area contributed by atoms with Crippen LogP contribution in [0.3, 0.4) is 0 Å². The van der Waals surface area contributed by atoms with Crippen LogP contribution in [0.1, 0.15) is 6.42 Å². The van der Waals surface area contributed by atoms with Crippen molar-refractivity contribution in [3.05, 3.63) is 60.9 Å². The molecule has 0 saturated carbocycles. The smallest absolute Gasteiger partial charge is 0.200 e. The van der Waals surface area contributed by atoms with E-state index in [1.54, 1.807) is 24.3 Å². The predicted molar refractivity (Wildman–Crippen MR) is 160 cm³/mol. The average Bonchev–Trinajstić information content (AvgIpc) is 3.01. The van der Waals surface area contributed by atoms with Gasteiger partial charge < -0.3 is 39.0 Å². The van der Waals surface area contributed by atoms with Crippen LogP contribution in [0, 0.1) is 0 Å². The van der Waals surface area contributed by atoms with Crippen LogP contribution in [0.5, 0.6) is 34.5 Å². The molecule has 0 bridgehead atoms. The molecule has 10 nitrogen and oxygen atoms in total. The van der Waals surface area contributed by atoms with Crippen molar-refractivity contribution in [2.75, 3.05) is 65.4 Å². The fourth-order valence-corrected chi connectivity index (χ4v) is 4.45. The quantitative estimate of drug-likeness (QED) is 0.239. The second kappa shape index (κ2) is 13.0. The first kappa shape index (κ1) is 29.1. The minimum Gasteiger partial charge on any atom is -0.502 e. The van der Waals surface area contributed by atoms with Crippen LogP contribution >= 0.6 is 0 Å². The summed E-state index contributed by atoms with van der Waals surface area (Å²) in [7, 11) is 10.1. The lowest BCUT2D eigenvalue weighted by Gasteiger charge is -2.23. The number of phenolic OH excluding ortho intramolecular Hbond substituents is 2. The van der Waals surface area contributed by atoms with Gasteiger partial charge in [0.15, 0.2) is 23.0 Å². The van der Waals surface area contributed by atoms with E-state index in [9.17, 15) is 10.2 Å². The zero-order valence-electron chi connectivity index (χ0n) is 24.2. The first-order valence-electron chi connectivity index (χ1n) is 13.0. The van der Waals surface area contributed by atoms with Crippen LogP contribution in [0.4, 0.5) is 11.4 Å². The molecular weight excluding hydrogens is 524 g/mol. The molecule has 0 saturated heterocycles. The molecule has 0 unspecified atom stereocenters. The van der Waals surface area contributed by atoms with Gasteiger partial charge in [-0.1, -0.05) is 0 Å². The summed E-state index contributed by atoms with van der Waals surface area (Å²) in [6, 6.07) is 14.9. The van der Waals surface area contributed by atoms with Crippen LogP contribution in [0.2, 0.25) is 0 Å². The summed E-state index contributed by atoms with van der Waals surface area (Å²) in [5.74, 6) is 1.25. The number of nitrogens with zero attached hydrogens (tertiary/aromatic N) is 4. The minimum absolute atomic E-state index is 0.0366. The SMILES string of the molecule is COc1cc(-c2ccc(N(C)CCCN(C)c3ccc(-c4cc(OC)c(O)c(OC)c4)nc3)cn2)cc(OC)c1O. The van der Waals surface area contributed by atoms with Gasteiger partial charge in [-0.05, 0) is 55.0 Å². The van der Waals surface area contributed by atoms with Gasteiger partial charge in [-0.3, -0.25) is 9.97 Å². The fraction of sp³-hybridized carbons (Fsp3) is 0.290. The third-order valence-corrected chi connectivity index (χ3v) is 6.92. The number of phenols is 2. The average molecular weight is 561 g/mol. The maximum absolute atomic E-state index is 10.2. The number of pyridine rings is 2. The molecule has 0 radical (unpaired) electrons. The van der Waals surface area contributed by atoms with Gasteiger partial charge in [0.25, 0.3) is 0 Å². The number of aromatic hydroxyl groups is 2. The molecule has 0 amide bonds. The molecule has 41 heavy (non-hydrogen) atoms. The van der Waals surface area contributed by atoms with E-state index in [1.807, 2.05) is 50.8 Å². The van der Waals surface area contributed by atoms with Gasteiger partial charge >= 0.3 is 0 Å². The molecular formula is C31H36N4O6. The third kappa shape index (κ3) is 6.49. The maximum atomic E-state index is 10.2. The van der Waals surface area contributed by atoms with E-state index in [4.69, 9.17) is 18.9 Å². The molecule has 216 valence electrons. The third-order valence-electron chi connectivity index (χ3n) is 6.92. The first-order valence-corrected chi connectivity index (χ1v) is 13.0. The van der Waals surface area contributed by atoms with Crippen molar-refractivity contribution in [1.82, 2.24) is 9.97 Å². The van der Waals surface area contributed by atoms with Crippen molar-refractivity contribution < 1.29 is 29.2 Å². The minimum atomic E-state index is -0.0366. The highest BCUT2D eigenvalue weighted by molar-refractivity contribution is 5.70. The summed E-state index contributed by atoms with van der Waals surface area (Å²) in [6.45, 7) is 1.68. The van der Waals surface area contributed by atoms with Crippen molar-refractivity contribution in [2.45, 2.75) is 6.42 Å². The molecule has 4 rings (SSSR count). The first-order chi connectivity index (χ1) is 19.8. The zero-order valence-corrected chi connectivity index (χ0v) is 24.2. The lowest BCUT2D eigenvalue weighted by Crippen LogP contribution is -2.25. The van der Waals surface area contributed by atoms with E-state index in [2.05, 4.69) is 19.8 Å². The molecule has 2 aromatic heterocycles. The Hall–Kier alpha value is -4.86. The number of anilines is 2. The Bertz CT molecular complexity index is 1300. The second-order valence-electron chi connectivity index (χ2n) is 9.46. The zero-order chi connectivity index (χ0) is 29.5. The highest BCUT2D eigenvalue weighted by Crippen LogP contribution is 2.41. The van der Waals surface area contributed by atoms with Gasteiger partial charge in [-0.15, -0.1) is 0 Å². The fourth-order valence-electron chi connectivity index (χ4n) is 4.45. The van der Waals surface area contributed by atoms with E-state index in [-0.39, 0.29) is 11.5 Å². The molecule has 0 aliphatic heterocycles. The normalized spacial score (nSPS) is 10.7. The predicted octanol–water partition coefficient (Wildman–Crippen LogP) is 5.22. The highest BCUT2D eigenvalue weighted by atomic mass is 16.5. The summed E-state index contributed by atoms with van der Waals surface area (Å²) in [5, 5.41) is 20.3. The Morgan fingerprint density at radius 2 is 0.927 bits per heavy atom. The van der Waals surface area contributed by atoms with E-state index < -0.39 is 0 Å². The lowest BCUT2D eigenvalue weighted by atomic mass is 10.1. The van der Waals surface area contributed by atoms with Crippen molar-refractivity contribution in [1.29, 1.82) is 0 Å². The number of benzene rings is 2. The Balaban J connectivity index is 1.35. The Morgan fingerprint density at radius 3 is 1.20 bits per heavy atom. The molecule has 2 heterocycles. The maximum Gasteiger partial charge on any atom is 0.200 e. The molecule has 0 aliphatic carbocycles. The van der Waals surface area contributed by atoms with Crippen LogP contribution in [-0.2, 0) is 0 Å². The van der Waals surface area contributed by atoms with Crippen molar-refractivity contribution in [3.63, 3.8) is 0 Å². The van der Waals surface area contributed by atoms with Crippen molar-refractivity contribution in [3.8, 4) is 57.0 Å². The Morgan fingerprint density at radius 1 is 0.585 bits per heavy atom. The summed E-state index contributed by atoms with van der Waals surface area (Å²) < 4.78 is 21.1. The number of ether oxygens (including phenoxy) is 4. The molecule has 2 N–H and O–H groups in total. The van der Waals surface area contributed by atoms with Crippen molar-refractivity contribution >= 4 is 11.4 Å². The van der Waals surface area contributed by atoms with Gasteiger partial charge in [-0.25, -0.2) is 0 Å². The summed E-state index contributed by atoms with van der Waals surface area (Å²) in [4.78, 5) is 13.6. The summed E-state index contributed by atoms with van der Waals surface area (Å²) in [6.07, 6.45) is 4.59. The standard InChI is InChI=1S/C31H36N4O6/c1-34(22-8-10-24(32-18-22)20-14-26(38-3)30(36)27(15-20)39-4)12-7-13-35(2)23-9-11-25(33-19-23)21-16-28(40-5)31(37)29(17-21)41-6/h8-11,14-19,36-37H,7,12-13H2,1-6H3. The molecule has 10 heteroatoms. The number of methoxy groups -OCH3 is 4. The second-order valence-corrected chi connectivity index (χ2v) is 9.46. The number of hydrogen-bond donors (Lipinski definition) is 2. The largest absolute Gasteiger partial charge is 0.502 e. The summed E-state index contributed by atoms with van der Waals surface area (Å²) in [5.41, 5.74) is 5.07. The van der Waals surface area contributed by atoms with E-state index in [0.29, 0.717) is 23.0 Å². The number of hydrogen-bond acceptors (Lipinski definition) is 10. The molecule has 0 spiro atoms. The monoisotopic (exact) mass is 560 g/mol. The topological polar surface area (TPSA) is 110 Å². The molecule has 0 aliphatic rings. The van der Waals surface area contributed by atoms with Gasteiger partial charge in [0.1, 0.15) is 0 Å². The van der Waals surface area contributed by atoms with Gasteiger partial charge in [0, 0.05) is 38.3 Å². The molecule has 2 aromatic carbocycles. The van der Waals surface area contributed by atoms with E-state index in [0.717, 1.165) is 53.4 Å². The highest BCUT2D eigenvalue weighted by Gasteiger charge is 2.15. The van der Waals surface area contributed by atoms with E-state index in [1.165, 1.54) is 28.4 Å². The van der Waals surface area contributed by atoms with Crippen LogP contribution in [0.25, 0.3) is 22.5 Å². The van der Waals surface area contributed by atoms with E-state index >= 15 is 0 Å². The summed E-state index contributed by atoms with van der Waals surface area (Å²) >= 11 is 0. The molecule has 4 aromatic rings. The van der Waals surface area contributed by atoms with Gasteiger partial charge in [0.05, 0.1) is 63.6 Å². The van der Waals surface area contributed by atoms with Gasteiger partial charge in [0.2, 0.25) is 11.5 Å². The van der Waals surface area contributed by atoms with Crippen molar-refractivity contribution in [2.24, 2.45) is 0 Å². The van der Waals surface area contributed by atoms with Crippen LogP contribution < -0.4 is 28.7 Å². The number of rotatable bonds is 12. The van der Waals surface area contributed by atoms with Crippen LogP contribution in [0.15, 0.2) is 60.9 Å². The Labute approximate surface area is 240 Å². The lowest BCUT2D eigenvalue weighted by molar-refractivity contribution is 0.340. The Kier molecular flexibility index (Phi) is 9.23. The molecule has 0 fully saturated rings. The van der Waals surface area contributed by atoms with Gasteiger partial charge in [-0.2, -0.15) is 0 Å². The molecule has 0 atom stereocenters.